The molecule has 0 aliphatic carbocycles. The summed E-state index contributed by atoms with van der Waals surface area (Å²) in [5.41, 5.74) is 0. The van der Waals surface area contributed by atoms with Gasteiger partial charge in [0.25, 0.3) is 0 Å². The Morgan fingerprint density at radius 2 is 2.08 bits per heavy atom. The first kappa shape index (κ1) is 10.2. The van der Waals surface area contributed by atoms with E-state index in [4.69, 9.17) is 11.2 Å². The van der Waals surface area contributed by atoms with E-state index in [-0.39, 0.29) is 0 Å². The average molecular weight is 192 g/mol. The van der Waals surface area contributed by atoms with E-state index in [1.54, 1.807) is 11.8 Å². The summed E-state index contributed by atoms with van der Waals surface area (Å²) in [5.74, 6) is 3.38. The number of benzene rings is 1. The monoisotopic (exact) mass is 192 g/mol. The van der Waals surface area contributed by atoms with Gasteiger partial charge in [0.05, 0.1) is 6.61 Å². The van der Waals surface area contributed by atoms with Crippen LogP contribution in [0.1, 0.15) is 0 Å². The summed E-state index contributed by atoms with van der Waals surface area (Å²) in [6.45, 7) is 1.12. The molecule has 1 nitrogen and oxygen atoms in total. The molecule has 0 aliphatic rings. The lowest BCUT2D eigenvalue weighted by Crippen LogP contribution is -1.96. The molecule has 0 aliphatic heterocycles. The second-order valence-corrected chi connectivity index (χ2v) is 3.59. The van der Waals surface area contributed by atoms with Crippen LogP contribution in [0, 0.1) is 12.3 Å². The van der Waals surface area contributed by atoms with Gasteiger partial charge in [-0.05, 0) is 12.1 Å². The summed E-state index contributed by atoms with van der Waals surface area (Å²) in [4.78, 5) is 1.27. The largest absolute Gasteiger partial charge is 0.368 e. The molecule has 0 atom stereocenters. The lowest BCUT2D eigenvalue weighted by Gasteiger charge is -2.00. The van der Waals surface area contributed by atoms with E-state index in [1.165, 1.54) is 4.90 Å². The van der Waals surface area contributed by atoms with Crippen molar-refractivity contribution in [2.75, 3.05) is 19.0 Å². The summed E-state index contributed by atoms with van der Waals surface area (Å²) in [6, 6.07) is 10.3. The van der Waals surface area contributed by atoms with Gasteiger partial charge < -0.3 is 4.74 Å². The maximum Gasteiger partial charge on any atom is 0.107 e. The molecular weight excluding hydrogens is 180 g/mol. The van der Waals surface area contributed by atoms with Crippen LogP contribution in [0.25, 0.3) is 0 Å². The molecule has 0 fully saturated rings. The van der Waals surface area contributed by atoms with Gasteiger partial charge in [0, 0.05) is 10.6 Å². The molecule has 0 aromatic heterocycles. The number of thioether (sulfide) groups is 1. The standard InChI is InChI=1S/C11H12OS/c1-2-8-12-9-10-13-11-6-4-3-5-7-11/h1,3-7H,8-10H2. The highest BCUT2D eigenvalue weighted by molar-refractivity contribution is 7.99. The first-order chi connectivity index (χ1) is 6.43. The first-order valence-electron chi connectivity index (χ1n) is 4.12. The van der Waals surface area contributed by atoms with Crippen molar-refractivity contribution in [1.29, 1.82) is 0 Å². The average Bonchev–Trinajstić information content (AvgIpc) is 2.19. The van der Waals surface area contributed by atoms with Gasteiger partial charge in [-0.1, -0.05) is 24.1 Å². The quantitative estimate of drug-likeness (QED) is 0.402. The minimum Gasteiger partial charge on any atom is -0.368 e. The van der Waals surface area contributed by atoms with Crippen molar-refractivity contribution in [1.82, 2.24) is 0 Å². The number of ether oxygens (including phenoxy) is 1. The fourth-order valence-corrected chi connectivity index (χ4v) is 1.65. The highest BCUT2D eigenvalue weighted by Gasteiger charge is 1.91. The fourth-order valence-electron chi connectivity index (χ4n) is 0.866. The Morgan fingerprint density at radius 3 is 2.77 bits per heavy atom. The van der Waals surface area contributed by atoms with Gasteiger partial charge in [0.1, 0.15) is 6.61 Å². The van der Waals surface area contributed by atoms with Crippen LogP contribution in [0.3, 0.4) is 0 Å². The predicted octanol–water partition coefficient (Wildman–Crippen LogP) is 2.43. The van der Waals surface area contributed by atoms with E-state index in [1.807, 2.05) is 18.2 Å². The zero-order valence-electron chi connectivity index (χ0n) is 7.40. The third-order valence-corrected chi connectivity index (χ3v) is 2.40. The Balaban J connectivity index is 2.11. The Hall–Kier alpha value is -0.910. The normalized spacial score (nSPS) is 9.46. The van der Waals surface area contributed by atoms with Crippen molar-refractivity contribution in [2.24, 2.45) is 0 Å². The van der Waals surface area contributed by atoms with E-state index in [0.29, 0.717) is 13.2 Å². The summed E-state index contributed by atoms with van der Waals surface area (Å²) >= 11 is 1.78. The van der Waals surface area contributed by atoms with E-state index in [2.05, 4.69) is 18.1 Å². The second-order valence-electron chi connectivity index (χ2n) is 2.42. The van der Waals surface area contributed by atoms with Gasteiger partial charge in [-0.25, -0.2) is 0 Å². The molecule has 1 rings (SSSR count). The molecule has 0 spiro atoms. The molecule has 2 heteroatoms. The molecule has 0 saturated heterocycles. The second kappa shape index (κ2) is 6.59. The van der Waals surface area contributed by atoms with Gasteiger partial charge in [0.2, 0.25) is 0 Å². The minimum atomic E-state index is 0.412. The Labute approximate surface area is 83.5 Å². The Morgan fingerprint density at radius 1 is 1.31 bits per heavy atom. The predicted molar refractivity (Wildman–Crippen MR) is 56.8 cm³/mol. The SMILES string of the molecule is C#CCOCCSc1ccccc1. The first-order valence-corrected chi connectivity index (χ1v) is 5.11. The van der Waals surface area contributed by atoms with Gasteiger partial charge in [-0.3, -0.25) is 0 Å². The van der Waals surface area contributed by atoms with Crippen LogP contribution in [-0.4, -0.2) is 19.0 Å². The highest BCUT2D eigenvalue weighted by atomic mass is 32.2. The number of hydrogen-bond acceptors (Lipinski definition) is 2. The molecule has 1 aromatic rings. The van der Waals surface area contributed by atoms with E-state index in [0.717, 1.165) is 5.75 Å². The third-order valence-electron chi connectivity index (χ3n) is 1.43. The van der Waals surface area contributed by atoms with E-state index in [9.17, 15) is 0 Å². The fraction of sp³-hybridized carbons (Fsp3) is 0.273. The molecule has 0 saturated carbocycles. The molecule has 0 heterocycles. The van der Waals surface area contributed by atoms with Crippen molar-refractivity contribution < 1.29 is 4.74 Å². The van der Waals surface area contributed by atoms with Gasteiger partial charge >= 0.3 is 0 Å². The third kappa shape index (κ3) is 4.62. The van der Waals surface area contributed by atoms with Crippen LogP contribution in [-0.2, 0) is 4.74 Å². The van der Waals surface area contributed by atoms with Crippen molar-refractivity contribution >= 4 is 11.8 Å². The molecule has 68 valence electrons. The summed E-state index contributed by atoms with van der Waals surface area (Å²) < 4.78 is 5.15. The van der Waals surface area contributed by atoms with E-state index >= 15 is 0 Å². The number of hydrogen-bond donors (Lipinski definition) is 0. The molecular formula is C11H12OS. The summed E-state index contributed by atoms with van der Waals surface area (Å²) in [5, 5.41) is 0. The lowest BCUT2D eigenvalue weighted by molar-refractivity contribution is 0.185. The van der Waals surface area contributed by atoms with Crippen molar-refractivity contribution in [3.8, 4) is 12.3 Å². The molecule has 0 N–H and O–H groups in total. The van der Waals surface area contributed by atoms with Crippen LogP contribution in [0.2, 0.25) is 0 Å². The van der Waals surface area contributed by atoms with Crippen LogP contribution in [0.5, 0.6) is 0 Å². The van der Waals surface area contributed by atoms with Gasteiger partial charge in [-0.2, -0.15) is 0 Å². The molecule has 0 amide bonds. The Kier molecular flexibility index (Phi) is 5.16. The smallest absolute Gasteiger partial charge is 0.107 e. The van der Waals surface area contributed by atoms with Crippen molar-refractivity contribution in [3.05, 3.63) is 30.3 Å². The lowest BCUT2D eigenvalue weighted by atomic mass is 10.4. The van der Waals surface area contributed by atoms with Crippen molar-refractivity contribution in [3.63, 3.8) is 0 Å². The minimum absolute atomic E-state index is 0.412. The van der Waals surface area contributed by atoms with Crippen LogP contribution < -0.4 is 0 Å². The zero-order chi connectivity index (χ0) is 9.36. The van der Waals surface area contributed by atoms with E-state index < -0.39 is 0 Å². The highest BCUT2D eigenvalue weighted by Crippen LogP contribution is 2.15. The summed E-state index contributed by atoms with van der Waals surface area (Å²) in [6.07, 6.45) is 5.04. The molecule has 13 heavy (non-hydrogen) atoms. The van der Waals surface area contributed by atoms with Crippen LogP contribution in [0.15, 0.2) is 35.2 Å². The molecule has 0 bridgehead atoms. The maximum absolute atomic E-state index is 5.15. The molecule has 0 radical (unpaired) electrons. The number of terminal acetylenes is 1. The summed E-state index contributed by atoms with van der Waals surface area (Å²) in [7, 11) is 0. The zero-order valence-corrected chi connectivity index (χ0v) is 8.22. The van der Waals surface area contributed by atoms with Crippen LogP contribution >= 0.6 is 11.8 Å². The maximum atomic E-state index is 5.15. The topological polar surface area (TPSA) is 9.23 Å². The van der Waals surface area contributed by atoms with Gasteiger partial charge in [-0.15, -0.1) is 18.2 Å². The van der Waals surface area contributed by atoms with Crippen LogP contribution in [0.4, 0.5) is 0 Å². The van der Waals surface area contributed by atoms with Crippen molar-refractivity contribution in [2.45, 2.75) is 4.90 Å². The molecule has 1 aromatic carbocycles. The Bertz CT molecular complexity index is 263. The molecule has 0 unspecified atom stereocenters. The van der Waals surface area contributed by atoms with Gasteiger partial charge in [0.15, 0.2) is 0 Å². The number of rotatable bonds is 5.